The van der Waals surface area contributed by atoms with Gasteiger partial charge in [-0.3, -0.25) is 0 Å². The zero-order valence-electron chi connectivity index (χ0n) is 13.6. The molecule has 0 atom stereocenters. The van der Waals surface area contributed by atoms with Gasteiger partial charge in [0.05, 0.1) is 23.4 Å². The van der Waals surface area contributed by atoms with E-state index in [9.17, 15) is 14.3 Å². The van der Waals surface area contributed by atoms with Crippen LogP contribution in [-0.4, -0.2) is 41.1 Å². The summed E-state index contributed by atoms with van der Waals surface area (Å²) in [6, 6.07) is 3.59. The van der Waals surface area contributed by atoms with Crippen LogP contribution in [0.4, 0.5) is 4.39 Å². The highest BCUT2D eigenvalue weighted by atomic mass is 19.1. The van der Waals surface area contributed by atoms with Gasteiger partial charge in [-0.25, -0.2) is 9.18 Å². The van der Waals surface area contributed by atoms with Crippen molar-refractivity contribution in [3.63, 3.8) is 0 Å². The Kier molecular flexibility index (Phi) is 4.66. The molecule has 0 aromatic heterocycles. The van der Waals surface area contributed by atoms with E-state index in [1.54, 1.807) is 0 Å². The molecule has 0 amide bonds. The first kappa shape index (κ1) is 17.7. The molecule has 0 bridgehead atoms. The smallest absolute Gasteiger partial charge is 0.478 e. The van der Waals surface area contributed by atoms with Crippen molar-refractivity contribution >= 4 is 19.2 Å². The number of aliphatic hydroxyl groups is 1. The highest BCUT2D eigenvalue weighted by Gasteiger charge is 2.52. The number of benzene rings is 1. The van der Waals surface area contributed by atoms with Gasteiger partial charge >= 0.3 is 13.1 Å². The minimum Gasteiger partial charge on any atom is -0.478 e. The third-order valence-corrected chi connectivity index (χ3v) is 4.33. The summed E-state index contributed by atoms with van der Waals surface area (Å²) < 4.78 is 25.7. The molecule has 1 aromatic carbocycles. The first-order valence-corrected chi connectivity index (χ1v) is 7.27. The number of carboxylic acids is 1. The molecule has 1 aliphatic heterocycles. The number of hydrogen-bond donors (Lipinski definition) is 2. The molecule has 0 aliphatic carbocycles. The van der Waals surface area contributed by atoms with Crippen molar-refractivity contribution in [2.45, 2.75) is 38.9 Å². The summed E-state index contributed by atoms with van der Waals surface area (Å²) in [4.78, 5) is 10.8. The highest BCUT2D eigenvalue weighted by molar-refractivity contribution is 6.55. The summed E-state index contributed by atoms with van der Waals surface area (Å²) in [5.41, 5.74) is -0.754. The van der Waals surface area contributed by atoms with Gasteiger partial charge in [-0.1, -0.05) is 12.1 Å². The molecule has 1 aliphatic rings. The fourth-order valence-electron chi connectivity index (χ4n) is 2.16. The first-order valence-electron chi connectivity index (χ1n) is 7.27. The van der Waals surface area contributed by atoms with Crippen LogP contribution in [-0.2, 0) is 9.31 Å². The summed E-state index contributed by atoms with van der Waals surface area (Å²) in [6.07, 6.45) is 1.42. The maximum atomic E-state index is 14.0. The lowest BCUT2D eigenvalue weighted by atomic mass is 9.77. The number of aliphatic hydroxyl groups excluding tert-OH is 1. The molecule has 0 radical (unpaired) electrons. The molecular weight excluding hydrogens is 302 g/mol. The molecule has 1 saturated heterocycles. The molecule has 2 N–H and O–H groups in total. The van der Waals surface area contributed by atoms with Crippen molar-refractivity contribution in [2.75, 3.05) is 6.61 Å². The van der Waals surface area contributed by atoms with Crippen LogP contribution in [0.3, 0.4) is 0 Å². The quantitative estimate of drug-likeness (QED) is 0.833. The Hall–Kier alpha value is -1.70. The van der Waals surface area contributed by atoms with Crippen molar-refractivity contribution in [3.8, 4) is 0 Å². The van der Waals surface area contributed by atoms with Gasteiger partial charge < -0.3 is 19.5 Å². The number of carbonyl (C=O) groups is 1. The molecule has 2 rings (SSSR count). The van der Waals surface area contributed by atoms with Crippen LogP contribution in [0.2, 0.25) is 0 Å². The van der Waals surface area contributed by atoms with Gasteiger partial charge in [0.25, 0.3) is 0 Å². The summed E-state index contributed by atoms with van der Waals surface area (Å²) in [7, 11) is -0.788. The fraction of sp³-hybridized carbons (Fsp3) is 0.438. The van der Waals surface area contributed by atoms with E-state index in [0.717, 1.165) is 6.07 Å². The van der Waals surface area contributed by atoms with Crippen LogP contribution >= 0.6 is 0 Å². The van der Waals surface area contributed by atoms with Gasteiger partial charge in [-0.15, -0.1) is 0 Å². The van der Waals surface area contributed by atoms with Crippen molar-refractivity contribution < 1.29 is 28.7 Å². The number of rotatable bonds is 4. The molecule has 1 fully saturated rings. The van der Waals surface area contributed by atoms with Crippen molar-refractivity contribution in [2.24, 2.45) is 0 Å². The van der Waals surface area contributed by atoms with Crippen LogP contribution in [0.5, 0.6) is 0 Å². The van der Waals surface area contributed by atoms with Gasteiger partial charge in [0, 0.05) is 5.56 Å². The van der Waals surface area contributed by atoms with E-state index in [1.165, 1.54) is 18.2 Å². The minimum absolute atomic E-state index is 0.138. The third kappa shape index (κ3) is 3.47. The van der Waals surface area contributed by atoms with Crippen molar-refractivity contribution in [1.82, 2.24) is 0 Å². The number of hydrogen-bond acceptors (Lipinski definition) is 4. The number of aromatic carboxylic acids is 1. The molecule has 0 saturated carbocycles. The van der Waals surface area contributed by atoms with E-state index in [0.29, 0.717) is 5.47 Å². The van der Waals surface area contributed by atoms with E-state index in [4.69, 9.17) is 14.4 Å². The lowest BCUT2D eigenvalue weighted by molar-refractivity contribution is 0.00578. The van der Waals surface area contributed by atoms with E-state index in [-0.39, 0.29) is 17.7 Å². The average Bonchev–Trinajstić information content (AvgIpc) is 2.65. The molecule has 0 unspecified atom stereocenters. The van der Waals surface area contributed by atoms with E-state index in [2.05, 4.69) is 0 Å². The Bertz CT molecular complexity index is 638. The predicted octanol–water partition coefficient (Wildman–Crippen LogP) is 2.53. The molecule has 7 heteroatoms. The second-order valence-corrected chi connectivity index (χ2v) is 6.51. The third-order valence-electron chi connectivity index (χ3n) is 4.33. The van der Waals surface area contributed by atoms with E-state index in [1.807, 2.05) is 27.7 Å². The van der Waals surface area contributed by atoms with Gasteiger partial charge in [-0.2, -0.15) is 0 Å². The van der Waals surface area contributed by atoms with Crippen molar-refractivity contribution in [3.05, 3.63) is 40.6 Å². The maximum absolute atomic E-state index is 14.0. The molecule has 1 heterocycles. The molecular formula is C16H20BFO5. The van der Waals surface area contributed by atoms with Gasteiger partial charge in [-0.05, 0) is 45.3 Å². The molecule has 124 valence electrons. The minimum atomic E-state index is -1.20. The Morgan fingerprint density at radius 1 is 1.26 bits per heavy atom. The van der Waals surface area contributed by atoms with Crippen LogP contribution in [0.25, 0.3) is 6.08 Å². The van der Waals surface area contributed by atoms with Gasteiger partial charge in [0.15, 0.2) is 0 Å². The Morgan fingerprint density at radius 3 is 2.26 bits per heavy atom. The second kappa shape index (κ2) is 6.07. The largest absolute Gasteiger partial charge is 0.492 e. The average molecular weight is 322 g/mol. The van der Waals surface area contributed by atoms with Crippen LogP contribution in [0.15, 0.2) is 23.7 Å². The fourth-order valence-corrected chi connectivity index (χ4v) is 2.16. The zero-order chi connectivity index (χ0) is 17.4. The normalized spacial score (nSPS) is 19.9. The summed E-state index contributed by atoms with van der Waals surface area (Å²) in [5, 5.41) is 18.4. The SMILES string of the molecule is CC1(C)OB(C(=Cc2ccc(C(=O)O)cc2F)CO)OC1(C)C. The zero-order valence-corrected chi connectivity index (χ0v) is 13.6. The Labute approximate surface area is 134 Å². The van der Waals surface area contributed by atoms with Gasteiger partial charge in [0.1, 0.15) is 5.82 Å². The lowest BCUT2D eigenvalue weighted by Gasteiger charge is -2.32. The lowest BCUT2D eigenvalue weighted by Crippen LogP contribution is -2.41. The summed E-state index contributed by atoms with van der Waals surface area (Å²) >= 11 is 0. The van der Waals surface area contributed by atoms with Gasteiger partial charge in [0.2, 0.25) is 0 Å². The second-order valence-electron chi connectivity index (χ2n) is 6.51. The molecule has 23 heavy (non-hydrogen) atoms. The predicted molar refractivity (Wildman–Crippen MR) is 84.5 cm³/mol. The topological polar surface area (TPSA) is 76.0 Å². The molecule has 1 aromatic rings. The number of halogens is 1. The van der Waals surface area contributed by atoms with E-state index >= 15 is 0 Å². The Morgan fingerprint density at radius 2 is 1.83 bits per heavy atom. The molecule has 0 spiro atoms. The van der Waals surface area contributed by atoms with Crippen LogP contribution < -0.4 is 0 Å². The van der Waals surface area contributed by atoms with Crippen LogP contribution in [0, 0.1) is 5.82 Å². The van der Waals surface area contributed by atoms with Crippen molar-refractivity contribution in [1.29, 1.82) is 0 Å². The first-order chi connectivity index (χ1) is 10.6. The number of carboxylic acid groups (broad SMARTS) is 1. The Balaban J connectivity index is 2.32. The van der Waals surface area contributed by atoms with Crippen LogP contribution in [0.1, 0.15) is 43.6 Å². The summed E-state index contributed by atoms with van der Waals surface area (Å²) in [6.45, 7) is 7.15. The standard InChI is InChI=1S/C16H20BFO5/c1-15(2)16(3,4)23-17(22-15)12(9-19)7-10-5-6-11(14(20)21)8-13(10)18/h5-8,19H,9H2,1-4H3,(H,20,21). The highest BCUT2D eigenvalue weighted by Crippen LogP contribution is 2.38. The van der Waals surface area contributed by atoms with E-state index < -0.39 is 30.1 Å². The summed E-state index contributed by atoms with van der Waals surface area (Å²) in [5.74, 6) is -1.89. The molecule has 5 nitrogen and oxygen atoms in total. The maximum Gasteiger partial charge on any atom is 0.492 e. The monoisotopic (exact) mass is 322 g/mol.